The Hall–Kier alpha value is -6.23. The van der Waals surface area contributed by atoms with E-state index in [2.05, 4.69) is 141 Å². The molecule has 1 aliphatic carbocycles. The topological polar surface area (TPSA) is 38.7 Å². The van der Waals surface area contributed by atoms with Gasteiger partial charge in [0.15, 0.2) is 17.5 Å². The minimum absolute atomic E-state index is 0.0209. The second-order valence-electron chi connectivity index (χ2n) is 14.0. The van der Waals surface area contributed by atoms with Gasteiger partial charge in [-0.3, -0.25) is 0 Å². The highest BCUT2D eigenvalue weighted by Crippen LogP contribution is 2.52. The van der Waals surface area contributed by atoms with E-state index < -0.39 is 0 Å². The molecule has 4 heteroatoms. The normalized spacial score (nSPS) is 13.0. The first-order valence-corrected chi connectivity index (χ1v) is 18.5. The second-order valence-corrected chi connectivity index (χ2v) is 15.1. The molecule has 2 aromatic heterocycles. The first-order chi connectivity index (χ1) is 25.5. The summed E-state index contributed by atoms with van der Waals surface area (Å²) in [6.07, 6.45) is 0. The lowest BCUT2D eigenvalue weighted by Crippen LogP contribution is -2.14. The van der Waals surface area contributed by atoms with Crippen LogP contribution in [0.5, 0.6) is 0 Å². The summed E-state index contributed by atoms with van der Waals surface area (Å²) in [7, 11) is 0. The summed E-state index contributed by atoms with van der Waals surface area (Å²) in [6.45, 7) is 4.68. The van der Waals surface area contributed by atoms with Crippen LogP contribution in [0.25, 0.3) is 87.7 Å². The molecule has 1 aliphatic rings. The number of rotatable bonds is 5. The maximum absolute atomic E-state index is 5.09. The van der Waals surface area contributed by atoms with Crippen LogP contribution >= 0.6 is 11.3 Å². The van der Waals surface area contributed by atoms with Crippen molar-refractivity contribution in [2.45, 2.75) is 19.3 Å². The predicted molar refractivity (Wildman–Crippen MR) is 217 cm³/mol. The van der Waals surface area contributed by atoms with Gasteiger partial charge in [0.05, 0.1) is 0 Å². The number of nitrogens with zero attached hydrogens (tertiary/aromatic N) is 3. The fraction of sp³-hybridized carbons (Fsp3) is 0.0625. The van der Waals surface area contributed by atoms with Gasteiger partial charge in [-0.15, -0.1) is 11.3 Å². The molecule has 2 heterocycles. The molecule has 52 heavy (non-hydrogen) atoms. The van der Waals surface area contributed by atoms with Crippen molar-refractivity contribution in [2.75, 3.05) is 0 Å². The zero-order valence-corrected chi connectivity index (χ0v) is 29.7. The smallest absolute Gasteiger partial charge is 0.164 e. The van der Waals surface area contributed by atoms with Crippen molar-refractivity contribution in [2.24, 2.45) is 0 Å². The molecule has 0 spiro atoms. The lowest BCUT2D eigenvalue weighted by atomic mass is 9.82. The van der Waals surface area contributed by atoms with Gasteiger partial charge in [-0.25, -0.2) is 15.0 Å². The van der Waals surface area contributed by atoms with E-state index in [0.717, 1.165) is 16.7 Å². The lowest BCUT2D eigenvalue weighted by molar-refractivity contribution is 0.660. The van der Waals surface area contributed by atoms with Gasteiger partial charge in [0.1, 0.15) is 0 Å². The average Bonchev–Trinajstić information content (AvgIpc) is 3.70. The summed E-state index contributed by atoms with van der Waals surface area (Å²) in [5.74, 6) is 2.00. The number of hydrogen-bond acceptors (Lipinski definition) is 4. The second kappa shape index (κ2) is 11.9. The fourth-order valence-corrected chi connectivity index (χ4v) is 9.07. The Labute approximate surface area is 307 Å². The summed E-state index contributed by atoms with van der Waals surface area (Å²) >= 11 is 1.81. The van der Waals surface area contributed by atoms with Crippen molar-refractivity contribution >= 4 is 31.5 Å². The highest BCUT2D eigenvalue weighted by Gasteiger charge is 2.36. The predicted octanol–water partition coefficient (Wildman–Crippen LogP) is 12.9. The van der Waals surface area contributed by atoms with E-state index in [4.69, 9.17) is 15.0 Å². The van der Waals surface area contributed by atoms with E-state index in [1.54, 1.807) is 0 Å². The summed E-state index contributed by atoms with van der Waals surface area (Å²) in [5.41, 5.74) is 13.3. The summed E-state index contributed by atoms with van der Waals surface area (Å²) < 4.78 is 2.45. The molecular formula is C48H33N3S. The maximum Gasteiger partial charge on any atom is 0.164 e. The summed E-state index contributed by atoms with van der Waals surface area (Å²) in [6, 6.07) is 58.4. The SMILES string of the molecule is CC1(C)c2ccccc2-c2c(-c3ccc(-c4ccc5sc6cccc(-c7nc(-c8ccccc8)nc(-c8ccccc8)n7)c6c5c4)cc3)cccc21. The first-order valence-electron chi connectivity index (χ1n) is 17.7. The Bertz CT molecular complexity index is 2740. The van der Waals surface area contributed by atoms with Crippen LogP contribution in [0.4, 0.5) is 0 Å². The van der Waals surface area contributed by atoms with Crippen LogP contribution in [0.2, 0.25) is 0 Å². The lowest BCUT2D eigenvalue weighted by Gasteiger charge is -2.21. The zero-order valence-electron chi connectivity index (χ0n) is 28.8. The molecule has 7 aromatic carbocycles. The van der Waals surface area contributed by atoms with E-state index in [1.165, 1.54) is 64.7 Å². The third kappa shape index (κ3) is 4.90. The van der Waals surface area contributed by atoms with E-state index >= 15 is 0 Å². The Kier molecular flexibility index (Phi) is 7.02. The molecule has 9 aromatic rings. The van der Waals surface area contributed by atoms with Crippen molar-refractivity contribution in [1.82, 2.24) is 15.0 Å². The van der Waals surface area contributed by atoms with E-state index in [0.29, 0.717) is 17.5 Å². The number of thiophene rings is 1. The molecule has 10 rings (SSSR count). The molecule has 0 aliphatic heterocycles. The number of fused-ring (bicyclic) bond motifs is 6. The molecule has 3 nitrogen and oxygen atoms in total. The number of aromatic nitrogens is 3. The fourth-order valence-electron chi connectivity index (χ4n) is 7.96. The van der Waals surface area contributed by atoms with Gasteiger partial charge in [0, 0.05) is 42.3 Å². The quantitative estimate of drug-likeness (QED) is 0.181. The third-order valence-corrected chi connectivity index (χ3v) is 11.7. The molecule has 0 radical (unpaired) electrons. The Balaban J connectivity index is 1.08. The van der Waals surface area contributed by atoms with Crippen molar-refractivity contribution in [3.63, 3.8) is 0 Å². The third-order valence-electron chi connectivity index (χ3n) is 10.6. The molecule has 0 N–H and O–H groups in total. The van der Waals surface area contributed by atoms with Crippen molar-refractivity contribution in [1.29, 1.82) is 0 Å². The molecule has 0 bridgehead atoms. The Morgan fingerprint density at radius 1 is 0.404 bits per heavy atom. The monoisotopic (exact) mass is 683 g/mol. The molecule has 0 unspecified atom stereocenters. The van der Waals surface area contributed by atoms with Crippen LogP contribution in [-0.4, -0.2) is 15.0 Å². The van der Waals surface area contributed by atoms with Crippen molar-refractivity contribution in [3.05, 3.63) is 175 Å². The highest BCUT2D eigenvalue weighted by atomic mass is 32.1. The van der Waals surface area contributed by atoms with E-state index in [1.807, 2.05) is 47.7 Å². The van der Waals surface area contributed by atoms with Crippen LogP contribution in [0.1, 0.15) is 25.0 Å². The minimum Gasteiger partial charge on any atom is -0.208 e. The molecule has 0 amide bonds. The van der Waals surface area contributed by atoms with Gasteiger partial charge in [-0.1, -0.05) is 159 Å². The molecule has 0 saturated carbocycles. The van der Waals surface area contributed by atoms with Crippen LogP contribution in [0.15, 0.2) is 164 Å². The van der Waals surface area contributed by atoms with Crippen molar-refractivity contribution in [3.8, 4) is 67.5 Å². The van der Waals surface area contributed by atoms with E-state index in [9.17, 15) is 0 Å². The van der Waals surface area contributed by atoms with Crippen LogP contribution in [0, 0.1) is 0 Å². The van der Waals surface area contributed by atoms with Gasteiger partial charge >= 0.3 is 0 Å². The van der Waals surface area contributed by atoms with Crippen LogP contribution in [0.3, 0.4) is 0 Å². The summed E-state index contributed by atoms with van der Waals surface area (Å²) in [5, 5.41) is 2.38. The number of benzene rings is 7. The van der Waals surface area contributed by atoms with E-state index in [-0.39, 0.29) is 5.41 Å². The molecule has 0 saturated heterocycles. The average molecular weight is 684 g/mol. The number of hydrogen-bond donors (Lipinski definition) is 0. The Morgan fingerprint density at radius 2 is 0.962 bits per heavy atom. The molecule has 0 fully saturated rings. The molecule has 246 valence electrons. The maximum atomic E-state index is 5.09. The van der Waals surface area contributed by atoms with Crippen molar-refractivity contribution < 1.29 is 0 Å². The van der Waals surface area contributed by atoms with Gasteiger partial charge in [-0.2, -0.15) is 0 Å². The zero-order chi connectivity index (χ0) is 34.8. The van der Waals surface area contributed by atoms with Gasteiger partial charge in [0.25, 0.3) is 0 Å². The highest BCUT2D eigenvalue weighted by molar-refractivity contribution is 7.26. The van der Waals surface area contributed by atoms with Gasteiger partial charge in [-0.05, 0) is 62.7 Å². The standard InChI is InChI=1S/C48H33N3S/c1-48(2)39-20-10-9-17-36(39)43-35(18-11-21-40(43)48)31-25-23-30(24-26-31)34-27-28-41-38(29-34)44-37(19-12-22-42(44)52-41)47-50-45(32-13-5-3-6-14-32)49-46(51-47)33-15-7-4-8-16-33/h3-29H,1-2H3. The van der Waals surface area contributed by atoms with Gasteiger partial charge in [0.2, 0.25) is 0 Å². The Morgan fingerprint density at radius 3 is 1.69 bits per heavy atom. The first kappa shape index (κ1) is 30.6. The van der Waals surface area contributed by atoms with Gasteiger partial charge < -0.3 is 0 Å². The molecule has 0 atom stereocenters. The minimum atomic E-state index is -0.0209. The largest absolute Gasteiger partial charge is 0.208 e. The van der Waals surface area contributed by atoms with Crippen LogP contribution < -0.4 is 0 Å². The van der Waals surface area contributed by atoms with Crippen LogP contribution in [-0.2, 0) is 5.41 Å². The summed E-state index contributed by atoms with van der Waals surface area (Å²) in [4.78, 5) is 15.1. The molecular weight excluding hydrogens is 651 g/mol.